The van der Waals surface area contributed by atoms with E-state index >= 15 is 0 Å². The van der Waals surface area contributed by atoms with E-state index in [1.165, 1.54) is 17.0 Å². The quantitative estimate of drug-likeness (QED) is 0.700. The summed E-state index contributed by atoms with van der Waals surface area (Å²) in [6.45, 7) is 6.19. The van der Waals surface area contributed by atoms with E-state index in [1.54, 1.807) is 6.92 Å². The van der Waals surface area contributed by atoms with Gasteiger partial charge in [-0.15, -0.1) is 0 Å². The molecule has 0 aromatic heterocycles. The predicted molar refractivity (Wildman–Crippen MR) is 79.1 cm³/mol. The molecule has 0 spiro atoms. The van der Waals surface area contributed by atoms with Crippen molar-refractivity contribution < 1.29 is 27.2 Å². The maximum Gasteiger partial charge on any atom is 0.240 e. The highest BCUT2D eigenvalue weighted by atomic mass is 32.2. The van der Waals surface area contributed by atoms with Gasteiger partial charge in [-0.05, 0) is 19.1 Å². The molecule has 1 heterocycles. The second kappa shape index (κ2) is 7.87. The van der Waals surface area contributed by atoms with Gasteiger partial charge in [0.2, 0.25) is 10.0 Å². The number of nitrogens with one attached hydrogen (secondary N) is 2. The summed E-state index contributed by atoms with van der Waals surface area (Å²) in [4.78, 5) is 1.32. The Morgan fingerprint density at radius 1 is 1.36 bits per heavy atom. The van der Waals surface area contributed by atoms with Crippen LogP contribution in [0.1, 0.15) is 6.92 Å². The number of hydrogen-bond donors (Lipinski definition) is 2. The van der Waals surface area contributed by atoms with Crippen LogP contribution in [0.3, 0.4) is 0 Å². The molecule has 1 aliphatic heterocycles. The average Bonchev–Trinajstić information content (AvgIpc) is 2.50. The van der Waals surface area contributed by atoms with E-state index in [0.29, 0.717) is 26.3 Å². The van der Waals surface area contributed by atoms with Gasteiger partial charge < -0.3 is 14.4 Å². The number of benzene rings is 1. The van der Waals surface area contributed by atoms with E-state index in [1.807, 2.05) is 0 Å². The van der Waals surface area contributed by atoms with Gasteiger partial charge in [-0.25, -0.2) is 17.5 Å². The fraction of sp³-hybridized carbons (Fsp3) is 0.571. The molecule has 0 aliphatic carbocycles. The van der Waals surface area contributed by atoms with Crippen molar-refractivity contribution in [3.63, 3.8) is 0 Å². The molecule has 1 aliphatic rings. The first-order valence-electron chi connectivity index (χ1n) is 7.36. The molecule has 0 radical (unpaired) electrons. The lowest BCUT2D eigenvalue weighted by atomic mass is 10.3. The smallest absolute Gasteiger partial charge is 0.240 e. The van der Waals surface area contributed by atoms with Crippen LogP contribution in [0.2, 0.25) is 0 Å². The molecule has 0 amide bonds. The van der Waals surface area contributed by atoms with Crippen LogP contribution in [0.15, 0.2) is 23.1 Å². The highest BCUT2D eigenvalue weighted by Crippen LogP contribution is 2.21. The Balaban J connectivity index is 1.95. The Morgan fingerprint density at radius 2 is 2.09 bits per heavy atom. The van der Waals surface area contributed by atoms with E-state index < -0.39 is 15.8 Å². The van der Waals surface area contributed by atoms with E-state index in [0.717, 1.165) is 19.2 Å². The molecule has 6 nitrogen and oxygen atoms in total. The highest BCUT2D eigenvalue weighted by Gasteiger charge is 2.19. The number of halogens is 1. The molecule has 1 aromatic carbocycles. The number of hydrogen-bond acceptors (Lipinski definition) is 4. The molecule has 124 valence electrons. The molecule has 0 atom stereocenters. The van der Waals surface area contributed by atoms with Gasteiger partial charge in [0, 0.05) is 6.07 Å². The third kappa shape index (κ3) is 4.64. The molecule has 0 bridgehead atoms. The van der Waals surface area contributed by atoms with Crippen molar-refractivity contribution in [2.24, 2.45) is 0 Å². The van der Waals surface area contributed by atoms with Gasteiger partial charge in [-0.1, -0.05) is 0 Å². The van der Waals surface area contributed by atoms with Crippen molar-refractivity contribution in [1.29, 1.82) is 0 Å². The van der Waals surface area contributed by atoms with Crippen LogP contribution in [-0.2, 0) is 14.8 Å². The van der Waals surface area contributed by atoms with Crippen molar-refractivity contribution in [1.82, 2.24) is 4.72 Å². The highest BCUT2D eigenvalue weighted by molar-refractivity contribution is 7.89. The first-order chi connectivity index (χ1) is 10.5. The summed E-state index contributed by atoms with van der Waals surface area (Å²) in [5, 5.41) is 0. The molecule has 22 heavy (non-hydrogen) atoms. The lowest BCUT2D eigenvalue weighted by molar-refractivity contribution is -0.906. The zero-order valence-corrected chi connectivity index (χ0v) is 13.4. The van der Waals surface area contributed by atoms with Gasteiger partial charge in [-0.2, -0.15) is 0 Å². The topological polar surface area (TPSA) is 69.1 Å². The summed E-state index contributed by atoms with van der Waals surface area (Å²) >= 11 is 0. The molecule has 8 heteroatoms. The van der Waals surface area contributed by atoms with Crippen LogP contribution in [0.5, 0.6) is 5.75 Å². The van der Waals surface area contributed by atoms with Gasteiger partial charge in [0.1, 0.15) is 13.1 Å². The van der Waals surface area contributed by atoms with E-state index in [4.69, 9.17) is 9.47 Å². The minimum atomic E-state index is -3.66. The minimum absolute atomic E-state index is 0.00864. The number of quaternary nitrogens is 1. The maximum atomic E-state index is 13.5. The van der Waals surface area contributed by atoms with Crippen LogP contribution < -0.4 is 14.4 Å². The Labute approximate surface area is 130 Å². The molecule has 0 saturated carbocycles. The number of ether oxygens (including phenoxy) is 2. The monoisotopic (exact) mass is 333 g/mol. The van der Waals surface area contributed by atoms with Crippen molar-refractivity contribution in [3.05, 3.63) is 24.0 Å². The fourth-order valence-corrected chi connectivity index (χ4v) is 3.32. The summed E-state index contributed by atoms with van der Waals surface area (Å²) in [6, 6.07) is 3.55. The van der Waals surface area contributed by atoms with Crippen LogP contribution in [0, 0.1) is 5.82 Å². The summed E-state index contributed by atoms with van der Waals surface area (Å²) < 4.78 is 50.8. The third-order valence-electron chi connectivity index (χ3n) is 3.48. The number of rotatable bonds is 7. The lowest BCUT2D eigenvalue weighted by Crippen LogP contribution is -3.14. The summed E-state index contributed by atoms with van der Waals surface area (Å²) in [5.74, 6) is -0.622. The van der Waals surface area contributed by atoms with Gasteiger partial charge >= 0.3 is 0 Å². The summed E-state index contributed by atoms with van der Waals surface area (Å²) in [5.41, 5.74) is 0. The molecule has 1 fully saturated rings. The SMILES string of the molecule is CCOc1cc(S(=O)(=O)NCC[NH+]2CCOCC2)ccc1F. The first kappa shape index (κ1) is 17.1. The van der Waals surface area contributed by atoms with Crippen LogP contribution in [0.25, 0.3) is 0 Å². The first-order valence-corrected chi connectivity index (χ1v) is 8.84. The summed E-state index contributed by atoms with van der Waals surface area (Å²) in [6.07, 6.45) is 0. The largest absolute Gasteiger partial charge is 0.491 e. The van der Waals surface area contributed by atoms with Crippen molar-refractivity contribution in [3.8, 4) is 5.75 Å². The second-order valence-corrected chi connectivity index (χ2v) is 6.80. The van der Waals surface area contributed by atoms with E-state index in [9.17, 15) is 12.8 Å². The third-order valence-corrected chi connectivity index (χ3v) is 4.94. The van der Waals surface area contributed by atoms with Crippen molar-refractivity contribution in [2.75, 3.05) is 46.0 Å². The van der Waals surface area contributed by atoms with Crippen LogP contribution in [-0.4, -0.2) is 54.4 Å². The molecular weight excluding hydrogens is 311 g/mol. The van der Waals surface area contributed by atoms with Crippen molar-refractivity contribution in [2.45, 2.75) is 11.8 Å². The molecule has 0 unspecified atom stereocenters. The fourth-order valence-electron chi connectivity index (χ4n) is 2.27. The van der Waals surface area contributed by atoms with Crippen LogP contribution >= 0.6 is 0 Å². The van der Waals surface area contributed by atoms with Crippen molar-refractivity contribution >= 4 is 10.0 Å². The Hall–Kier alpha value is -1.22. The second-order valence-electron chi connectivity index (χ2n) is 5.04. The number of morpholine rings is 1. The molecule has 1 aromatic rings. The Kier molecular flexibility index (Phi) is 6.13. The maximum absolute atomic E-state index is 13.5. The number of sulfonamides is 1. The average molecular weight is 333 g/mol. The predicted octanol–water partition coefficient (Wildman–Crippen LogP) is -0.582. The Morgan fingerprint density at radius 3 is 2.77 bits per heavy atom. The van der Waals surface area contributed by atoms with Crippen LogP contribution in [0.4, 0.5) is 4.39 Å². The Bertz CT molecular complexity index is 589. The van der Waals surface area contributed by atoms with Gasteiger partial charge in [0.15, 0.2) is 11.6 Å². The normalized spacial score (nSPS) is 16.6. The van der Waals surface area contributed by atoms with Gasteiger partial charge in [-0.3, -0.25) is 0 Å². The molecular formula is C14H22FN2O4S+. The van der Waals surface area contributed by atoms with E-state index in [-0.39, 0.29) is 17.3 Å². The zero-order chi connectivity index (χ0) is 16.0. The van der Waals surface area contributed by atoms with Gasteiger partial charge in [0.05, 0.1) is 37.8 Å². The lowest BCUT2D eigenvalue weighted by Gasteiger charge is -2.23. The standard InChI is InChI=1S/C14H21FN2O4S/c1-2-21-14-11-12(3-4-13(14)15)22(18,19)16-5-6-17-7-9-20-10-8-17/h3-4,11,16H,2,5-10H2,1H3/p+1. The summed E-state index contributed by atoms with van der Waals surface area (Å²) in [7, 11) is -3.66. The van der Waals surface area contributed by atoms with Gasteiger partial charge in [0.25, 0.3) is 0 Å². The molecule has 1 saturated heterocycles. The minimum Gasteiger partial charge on any atom is -0.491 e. The van der Waals surface area contributed by atoms with E-state index in [2.05, 4.69) is 4.72 Å². The molecule has 2 N–H and O–H groups in total. The molecule has 2 rings (SSSR count). The zero-order valence-electron chi connectivity index (χ0n) is 12.6.